The number of hydrogen-bond donors (Lipinski definition) is 1. The van der Waals surface area contributed by atoms with E-state index >= 15 is 0 Å². The summed E-state index contributed by atoms with van der Waals surface area (Å²) in [6.07, 6.45) is 0.945. The summed E-state index contributed by atoms with van der Waals surface area (Å²) in [7, 11) is 1.35. The zero-order chi connectivity index (χ0) is 25.3. The predicted molar refractivity (Wildman–Crippen MR) is 142 cm³/mol. The highest BCUT2D eigenvalue weighted by Gasteiger charge is 2.21. The van der Waals surface area contributed by atoms with Crippen LogP contribution in [0.1, 0.15) is 28.4 Å². The highest BCUT2D eigenvalue weighted by Crippen LogP contribution is 2.29. The number of nitrogens with one attached hydrogen (secondary N) is 1. The van der Waals surface area contributed by atoms with Gasteiger partial charge in [-0.15, -0.1) is 0 Å². The average Bonchev–Trinajstić information content (AvgIpc) is 2.93. The van der Waals surface area contributed by atoms with Crippen LogP contribution in [0, 0.1) is 0 Å². The molecule has 188 valence electrons. The number of benzene rings is 3. The molecule has 1 heterocycles. The monoisotopic (exact) mass is 487 g/mol. The number of hydrogen-bond acceptors (Lipinski definition) is 6. The van der Waals surface area contributed by atoms with Crippen molar-refractivity contribution in [3.05, 3.63) is 89.5 Å². The van der Waals surface area contributed by atoms with Gasteiger partial charge in [0.1, 0.15) is 5.75 Å². The molecule has 0 radical (unpaired) electrons. The Bertz CT molecular complexity index is 1160. The van der Waals surface area contributed by atoms with E-state index in [9.17, 15) is 9.59 Å². The number of esters is 1. The van der Waals surface area contributed by atoms with Crippen molar-refractivity contribution in [2.24, 2.45) is 0 Å². The van der Waals surface area contributed by atoms with Crippen LogP contribution in [0.2, 0.25) is 0 Å². The molecule has 4 rings (SSSR count). The van der Waals surface area contributed by atoms with Crippen molar-refractivity contribution < 1.29 is 19.1 Å². The van der Waals surface area contributed by atoms with Gasteiger partial charge in [-0.25, -0.2) is 4.79 Å². The summed E-state index contributed by atoms with van der Waals surface area (Å²) >= 11 is 0. The molecule has 7 nitrogen and oxygen atoms in total. The molecule has 1 amide bonds. The van der Waals surface area contributed by atoms with E-state index in [-0.39, 0.29) is 12.5 Å². The highest BCUT2D eigenvalue weighted by atomic mass is 16.5. The topological polar surface area (TPSA) is 71.1 Å². The number of anilines is 2. The van der Waals surface area contributed by atoms with E-state index in [2.05, 4.69) is 46.3 Å². The summed E-state index contributed by atoms with van der Waals surface area (Å²) in [4.78, 5) is 29.6. The molecule has 0 bridgehead atoms. The fraction of sp³-hybridized carbons (Fsp3) is 0.310. The quantitative estimate of drug-likeness (QED) is 0.452. The Hall–Kier alpha value is -3.84. The summed E-state index contributed by atoms with van der Waals surface area (Å²) in [5.41, 5.74) is 4.34. The van der Waals surface area contributed by atoms with Crippen LogP contribution in [0.15, 0.2) is 72.8 Å². The second kappa shape index (κ2) is 12.2. The summed E-state index contributed by atoms with van der Waals surface area (Å²) in [5, 5.41) is 2.94. The van der Waals surface area contributed by atoms with Gasteiger partial charge >= 0.3 is 5.97 Å². The van der Waals surface area contributed by atoms with Crippen molar-refractivity contribution in [1.82, 2.24) is 4.90 Å². The standard InChI is InChI=1S/C29H33N3O4/c1-3-22-9-12-25(13-10-22)36-21-28(33)30-26-19-24(29(34)35-2)11-14-27(26)32-17-15-31(16-18-32)20-23-7-5-4-6-8-23/h4-14,19H,3,15-18,20-21H2,1-2H3,(H,30,33). The minimum atomic E-state index is -0.447. The molecular weight excluding hydrogens is 454 g/mol. The number of carbonyl (C=O) groups is 2. The lowest BCUT2D eigenvalue weighted by atomic mass is 10.1. The van der Waals surface area contributed by atoms with Gasteiger partial charge in [0.15, 0.2) is 6.61 Å². The third-order valence-electron chi connectivity index (χ3n) is 6.36. The van der Waals surface area contributed by atoms with Crippen LogP contribution in [-0.2, 0) is 22.5 Å². The Kier molecular flexibility index (Phi) is 8.57. The molecule has 0 atom stereocenters. The van der Waals surface area contributed by atoms with E-state index in [4.69, 9.17) is 9.47 Å². The SMILES string of the molecule is CCc1ccc(OCC(=O)Nc2cc(C(=O)OC)ccc2N2CCN(Cc3ccccc3)CC2)cc1. The Balaban J connectivity index is 1.42. The van der Waals surface area contributed by atoms with Crippen LogP contribution in [-0.4, -0.2) is 56.7 Å². The third-order valence-corrected chi connectivity index (χ3v) is 6.36. The lowest BCUT2D eigenvalue weighted by Gasteiger charge is -2.37. The average molecular weight is 488 g/mol. The van der Waals surface area contributed by atoms with Crippen LogP contribution >= 0.6 is 0 Å². The Morgan fingerprint density at radius 1 is 0.889 bits per heavy atom. The van der Waals surface area contributed by atoms with Crippen molar-refractivity contribution in [1.29, 1.82) is 0 Å². The van der Waals surface area contributed by atoms with Crippen LogP contribution < -0.4 is 15.0 Å². The lowest BCUT2D eigenvalue weighted by Crippen LogP contribution is -2.46. The number of piperazine rings is 1. The summed E-state index contributed by atoms with van der Waals surface area (Å²) in [5.74, 6) is -0.0991. The fourth-order valence-electron chi connectivity index (χ4n) is 4.30. The van der Waals surface area contributed by atoms with Crippen molar-refractivity contribution in [2.75, 3.05) is 50.1 Å². The molecule has 36 heavy (non-hydrogen) atoms. The maximum Gasteiger partial charge on any atom is 0.337 e. The smallest absolute Gasteiger partial charge is 0.337 e. The van der Waals surface area contributed by atoms with Gasteiger partial charge < -0.3 is 19.7 Å². The summed E-state index contributed by atoms with van der Waals surface area (Å²) in [6.45, 7) is 6.30. The van der Waals surface area contributed by atoms with E-state index in [1.807, 2.05) is 36.4 Å². The number of amides is 1. The van der Waals surface area contributed by atoms with Crippen molar-refractivity contribution in [3.8, 4) is 5.75 Å². The lowest BCUT2D eigenvalue weighted by molar-refractivity contribution is -0.118. The Morgan fingerprint density at radius 2 is 1.61 bits per heavy atom. The van der Waals surface area contributed by atoms with Crippen molar-refractivity contribution >= 4 is 23.3 Å². The maximum absolute atomic E-state index is 12.8. The van der Waals surface area contributed by atoms with Crippen molar-refractivity contribution in [3.63, 3.8) is 0 Å². The number of ether oxygens (including phenoxy) is 2. The summed E-state index contributed by atoms with van der Waals surface area (Å²) < 4.78 is 10.6. The zero-order valence-corrected chi connectivity index (χ0v) is 20.9. The molecule has 0 unspecified atom stereocenters. The van der Waals surface area contributed by atoms with Gasteiger partial charge in [-0.2, -0.15) is 0 Å². The van der Waals surface area contributed by atoms with Crippen LogP contribution in [0.25, 0.3) is 0 Å². The molecular formula is C29H33N3O4. The van der Waals surface area contributed by atoms with Gasteiger partial charge in [0.25, 0.3) is 5.91 Å². The first kappa shape index (κ1) is 25.3. The number of carbonyl (C=O) groups excluding carboxylic acids is 2. The van der Waals surface area contributed by atoms with Gasteiger partial charge in [0, 0.05) is 32.7 Å². The van der Waals surface area contributed by atoms with E-state index < -0.39 is 5.97 Å². The molecule has 1 aliphatic heterocycles. The number of aryl methyl sites for hydroxylation is 1. The first-order chi connectivity index (χ1) is 17.6. The Labute approximate surface area is 212 Å². The van der Waals surface area contributed by atoms with Gasteiger partial charge in [-0.1, -0.05) is 49.4 Å². The fourth-order valence-corrected chi connectivity index (χ4v) is 4.30. The molecule has 0 aromatic heterocycles. The molecule has 1 aliphatic rings. The number of methoxy groups -OCH3 is 1. The first-order valence-electron chi connectivity index (χ1n) is 12.3. The van der Waals surface area contributed by atoms with Crippen LogP contribution in [0.5, 0.6) is 5.75 Å². The summed E-state index contributed by atoms with van der Waals surface area (Å²) in [6, 6.07) is 23.4. The zero-order valence-electron chi connectivity index (χ0n) is 20.9. The number of nitrogens with zero attached hydrogens (tertiary/aromatic N) is 2. The van der Waals surface area contributed by atoms with E-state index in [1.54, 1.807) is 12.1 Å². The van der Waals surface area contributed by atoms with E-state index in [1.165, 1.54) is 18.2 Å². The van der Waals surface area contributed by atoms with Gasteiger partial charge in [0.2, 0.25) is 0 Å². The third kappa shape index (κ3) is 6.64. The second-order valence-electron chi connectivity index (χ2n) is 8.81. The van der Waals surface area contributed by atoms with Gasteiger partial charge in [0.05, 0.1) is 24.0 Å². The minimum absolute atomic E-state index is 0.127. The van der Waals surface area contributed by atoms with Crippen LogP contribution in [0.4, 0.5) is 11.4 Å². The van der Waals surface area contributed by atoms with E-state index in [0.29, 0.717) is 17.0 Å². The minimum Gasteiger partial charge on any atom is -0.484 e. The van der Waals surface area contributed by atoms with Gasteiger partial charge in [-0.05, 0) is 47.9 Å². The molecule has 0 aliphatic carbocycles. The second-order valence-corrected chi connectivity index (χ2v) is 8.81. The van der Waals surface area contributed by atoms with Crippen molar-refractivity contribution in [2.45, 2.75) is 19.9 Å². The number of rotatable bonds is 9. The Morgan fingerprint density at radius 3 is 2.28 bits per heavy atom. The van der Waals surface area contributed by atoms with Gasteiger partial charge in [-0.3, -0.25) is 9.69 Å². The normalized spacial score (nSPS) is 13.8. The predicted octanol–water partition coefficient (Wildman–Crippen LogP) is 4.38. The molecule has 1 saturated heterocycles. The molecule has 0 saturated carbocycles. The first-order valence-corrected chi connectivity index (χ1v) is 12.3. The molecule has 7 heteroatoms. The van der Waals surface area contributed by atoms with E-state index in [0.717, 1.165) is 44.8 Å². The molecule has 3 aromatic rings. The molecule has 1 fully saturated rings. The largest absolute Gasteiger partial charge is 0.484 e. The van der Waals surface area contributed by atoms with Crippen LogP contribution in [0.3, 0.4) is 0 Å². The highest BCUT2D eigenvalue weighted by molar-refractivity contribution is 5.98. The molecule has 0 spiro atoms. The maximum atomic E-state index is 12.8. The molecule has 1 N–H and O–H groups in total. The molecule has 3 aromatic carbocycles.